The molecule has 1 N–H and O–H groups in total. The van der Waals surface area contributed by atoms with Gasteiger partial charge in [0.1, 0.15) is 0 Å². The number of ether oxygens (including phenoxy) is 1. The van der Waals surface area contributed by atoms with Crippen LogP contribution in [-0.2, 0) is 11.2 Å². The van der Waals surface area contributed by atoms with E-state index < -0.39 is 5.60 Å². The third-order valence-electron chi connectivity index (χ3n) is 3.26. The average molecular weight is 236 g/mol. The lowest BCUT2D eigenvalue weighted by atomic mass is 9.84. The molecule has 0 heterocycles. The number of hydrogen-bond acceptors (Lipinski definition) is 2. The maximum absolute atomic E-state index is 10.6. The molecule has 2 heteroatoms. The van der Waals surface area contributed by atoms with Crippen LogP contribution in [0.2, 0.25) is 0 Å². The van der Waals surface area contributed by atoms with Gasteiger partial charge >= 0.3 is 0 Å². The Morgan fingerprint density at radius 2 is 1.71 bits per heavy atom. The Balaban J connectivity index is 2.93. The van der Waals surface area contributed by atoms with E-state index >= 15 is 0 Å². The van der Waals surface area contributed by atoms with Gasteiger partial charge in [0, 0.05) is 13.5 Å². The quantitative estimate of drug-likeness (QED) is 0.852. The number of rotatable bonds is 5. The highest BCUT2D eigenvalue weighted by Gasteiger charge is 2.31. The van der Waals surface area contributed by atoms with E-state index in [0.717, 1.165) is 0 Å². The van der Waals surface area contributed by atoms with Gasteiger partial charge in [0.25, 0.3) is 0 Å². The molecule has 1 rings (SSSR count). The standard InChI is InChI=1S/C15H24O2/c1-11(2)15(16,10-17-5)9-14-7-12(3)6-13(4)8-14/h6-8,11,16H,9-10H2,1-5H3. The van der Waals surface area contributed by atoms with E-state index in [2.05, 4.69) is 32.0 Å². The zero-order valence-electron chi connectivity index (χ0n) is 11.6. The molecule has 2 nitrogen and oxygen atoms in total. The van der Waals surface area contributed by atoms with Gasteiger partial charge in [0.15, 0.2) is 0 Å². The molecule has 0 saturated heterocycles. The summed E-state index contributed by atoms with van der Waals surface area (Å²) in [6.07, 6.45) is 0.640. The summed E-state index contributed by atoms with van der Waals surface area (Å²) in [4.78, 5) is 0. The van der Waals surface area contributed by atoms with Crippen LogP contribution in [0, 0.1) is 19.8 Å². The van der Waals surface area contributed by atoms with Crippen LogP contribution in [0.5, 0.6) is 0 Å². The maximum Gasteiger partial charge on any atom is 0.0942 e. The predicted molar refractivity (Wildman–Crippen MR) is 71.3 cm³/mol. The van der Waals surface area contributed by atoms with Crippen LogP contribution in [0.1, 0.15) is 30.5 Å². The van der Waals surface area contributed by atoms with Gasteiger partial charge in [-0.1, -0.05) is 43.2 Å². The van der Waals surface area contributed by atoms with Crippen LogP contribution in [0.25, 0.3) is 0 Å². The highest BCUT2D eigenvalue weighted by molar-refractivity contribution is 5.29. The average Bonchev–Trinajstić information content (AvgIpc) is 2.15. The van der Waals surface area contributed by atoms with E-state index in [1.165, 1.54) is 16.7 Å². The second-order valence-corrected chi connectivity index (χ2v) is 5.36. The lowest BCUT2D eigenvalue weighted by Gasteiger charge is -2.31. The molecule has 1 unspecified atom stereocenters. The molecule has 1 aromatic rings. The van der Waals surface area contributed by atoms with Crippen LogP contribution in [0.15, 0.2) is 18.2 Å². The Labute approximate surface area is 105 Å². The van der Waals surface area contributed by atoms with E-state index in [1.54, 1.807) is 7.11 Å². The SMILES string of the molecule is COCC(O)(Cc1cc(C)cc(C)c1)C(C)C. The van der Waals surface area contributed by atoms with Gasteiger partial charge in [0.2, 0.25) is 0 Å². The minimum absolute atomic E-state index is 0.170. The largest absolute Gasteiger partial charge is 0.387 e. The highest BCUT2D eigenvalue weighted by atomic mass is 16.5. The second-order valence-electron chi connectivity index (χ2n) is 5.36. The lowest BCUT2D eigenvalue weighted by molar-refractivity contribution is -0.0637. The normalized spacial score (nSPS) is 15.0. The zero-order chi connectivity index (χ0) is 13.1. The van der Waals surface area contributed by atoms with Gasteiger partial charge < -0.3 is 9.84 Å². The summed E-state index contributed by atoms with van der Waals surface area (Å²) in [6, 6.07) is 6.42. The zero-order valence-corrected chi connectivity index (χ0v) is 11.6. The summed E-state index contributed by atoms with van der Waals surface area (Å²) in [5.41, 5.74) is 2.87. The molecule has 0 bridgehead atoms. The van der Waals surface area contributed by atoms with E-state index in [9.17, 15) is 5.11 Å². The Hall–Kier alpha value is -0.860. The molecule has 96 valence electrons. The number of methoxy groups -OCH3 is 1. The van der Waals surface area contributed by atoms with E-state index in [4.69, 9.17) is 4.74 Å². The Morgan fingerprint density at radius 1 is 1.18 bits per heavy atom. The number of aryl methyl sites for hydroxylation is 2. The molecule has 0 aliphatic rings. The first kappa shape index (κ1) is 14.2. The molecule has 0 aromatic heterocycles. The van der Waals surface area contributed by atoms with E-state index in [-0.39, 0.29) is 5.92 Å². The molecule has 0 radical (unpaired) electrons. The maximum atomic E-state index is 10.6. The molecule has 0 aliphatic heterocycles. The van der Waals surface area contributed by atoms with Crippen molar-refractivity contribution in [3.63, 3.8) is 0 Å². The predicted octanol–water partition coefficient (Wildman–Crippen LogP) is 2.88. The summed E-state index contributed by atoms with van der Waals surface area (Å²) >= 11 is 0. The molecule has 0 fully saturated rings. The van der Waals surface area contributed by atoms with Crippen molar-refractivity contribution < 1.29 is 9.84 Å². The van der Waals surface area contributed by atoms with Gasteiger partial charge in [-0.15, -0.1) is 0 Å². The van der Waals surface area contributed by atoms with Crippen LogP contribution >= 0.6 is 0 Å². The third-order valence-corrected chi connectivity index (χ3v) is 3.26. The van der Waals surface area contributed by atoms with Crippen LogP contribution in [-0.4, -0.2) is 24.4 Å². The van der Waals surface area contributed by atoms with Crippen molar-refractivity contribution in [3.8, 4) is 0 Å². The molecule has 1 atom stereocenters. The van der Waals surface area contributed by atoms with Crippen molar-refractivity contribution in [1.82, 2.24) is 0 Å². The van der Waals surface area contributed by atoms with Gasteiger partial charge in [-0.05, 0) is 25.3 Å². The highest BCUT2D eigenvalue weighted by Crippen LogP contribution is 2.24. The van der Waals surface area contributed by atoms with Crippen LogP contribution in [0.3, 0.4) is 0 Å². The summed E-state index contributed by atoms with van der Waals surface area (Å²) in [7, 11) is 1.63. The van der Waals surface area contributed by atoms with E-state index in [1.807, 2.05) is 13.8 Å². The summed E-state index contributed by atoms with van der Waals surface area (Å²) in [5.74, 6) is 0.170. The fourth-order valence-electron chi connectivity index (χ4n) is 2.20. The monoisotopic (exact) mass is 236 g/mol. The molecular formula is C15H24O2. The minimum atomic E-state index is -0.783. The Morgan fingerprint density at radius 3 is 2.12 bits per heavy atom. The number of benzene rings is 1. The first-order chi connectivity index (χ1) is 7.87. The van der Waals surface area contributed by atoms with Crippen molar-refractivity contribution >= 4 is 0 Å². The summed E-state index contributed by atoms with van der Waals surface area (Å²) < 4.78 is 5.15. The van der Waals surface area contributed by atoms with Crippen molar-refractivity contribution in [3.05, 3.63) is 34.9 Å². The van der Waals surface area contributed by atoms with Crippen molar-refractivity contribution in [2.75, 3.05) is 13.7 Å². The molecule has 0 saturated carbocycles. The van der Waals surface area contributed by atoms with Crippen LogP contribution < -0.4 is 0 Å². The molecule has 1 aromatic carbocycles. The van der Waals surface area contributed by atoms with E-state index in [0.29, 0.717) is 13.0 Å². The van der Waals surface area contributed by atoms with Crippen molar-refractivity contribution in [1.29, 1.82) is 0 Å². The molecule has 0 amide bonds. The van der Waals surface area contributed by atoms with Gasteiger partial charge in [-0.25, -0.2) is 0 Å². The second kappa shape index (κ2) is 5.65. The Kier molecular flexibility index (Phi) is 4.72. The first-order valence-corrected chi connectivity index (χ1v) is 6.16. The molecule has 0 aliphatic carbocycles. The third kappa shape index (κ3) is 3.83. The molecule has 0 spiro atoms. The fourth-order valence-corrected chi connectivity index (χ4v) is 2.20. The van der Waals surface area contributed by atoms with Crippen LogP contribution in [0.4, 0.5) is 0 Å². The number of aliphatic hydroxyl groups is 1. The van der Waals surface area contributed by atoms with Crippen molar-refractivity contribution in [2.45, 2.75) is 39.7 Å². The lowest BCUT2D eigenvalue weighted by Crippen LogP contribution is -2.42. The van der Waals surface area contributed by atoms with Gasteiger partial charge in [-0.3, -0.25) is 0 Å². The molecule has 17 heavy (non-hydrogen) atoms. The van der Waals surface area contributed by atoms with Gasteiger partial charge in [0.05, 0.1) is 12.2 Å². The first-order valence-electron chi connectivity index (χ1n) is 6.16. The fraction of sp³-hybridized carbons (Fsp3) is 0.600. The Bertz CT molecular complexity index is 351. The smallest absolute Gasteiger partial charge is 0.0942 e. The summed E-state index contributed by atoms with van der Waals surface area (Å²) in [5, 5.41) is 10.6. The minimum Gasteiger partial charge on any atom is -0.387 e. The summed E-state index contributed by atoms with van der Waals surface area (Å²) in [6.45, 7) is 8.60. The van der Waals surface area contributed by atoms with Gasteiger partial charge in [-0.2, -0.15) is 0 Å². The topological polar surface area (TPSA) is 29.5 Å². The molecular weight excluding hydrogens is 212 g/mol. The van der Waals surface area contributed by atoms with Crippen molar-refractivity contribution in [2.24, 2.45) is 5.92 Å². The number of hydrogen-bond donors (Lipinski definition) is 1.